The summed E-state index contributed by atoms with van der Waals surface area (Å²) >= 11 is 0. The molecule has 0 aromatic carbocycles. The minimum atomic E-state index is -0.906. The molecule has 1 aromatic heterocycles. The van der Waals surface area contributed by atoms with Gasteiger partial charge < -0.3 is 44.8 Å². The zero-order valence-corrected chi connectivity index (χ0v) is 24.4. The molecule has 3 saturated heterocycles. The third-order valence-electron chi connectivity index (χ3n) is 7.96. The van der Waals surface area contributed by atoms with Crippen molar-refractivity contribution in [1.82, 2.24) is 10.0 Å². The number of ether oxygens (including phenoxy) is 3. The number of nitrogens with zero attached hydrogens (tertiary/aromatic N) is 1. The highest BCUT2D eigenvalue weighted by Gasteiger charge is 2.58. The molecule has 5 N–H and O–H groups in total. The number of nitrogens with one attached hydrogen (secondary N) is 1. The number of amides is 1. The molecular formula is C30H42N2O10. The van der Waals surface area contributed by atoms with Gasteiger partial charge in [-0.3, -0.25) is 4.79 Å². The van der Waals surface area contributed by atoms with Crippen LogP contribution in [0.25, 0.3) is 0 Å². The van der Waals surface area contributed by atoms with Crippen LogP contribution >= 0.6 is 0 Å². The Labute approximate surface area is 245 Å². The summed E-state index contributed by atoms with van der Waals surface area (Å²) in [5, 5.41) is 42.6. The van der Waals surface area contributed by atoms with Crippen molar-refractivity contribution in [3.8, 4) is 11.8 Å². The highest BCUT2D eigenvalue weighted by atomic mass is 16.7. The van der Waals surface area contributed by atoms with Crippen LogP contribution in [-0.2, 0) is 23.8 Å². The molecule has 3 fully saturated rings. The summed E-state index contributed by atoms with van der Waals surface area (Å²) < 4.78 is 18.4. The SMILES string of the molecule is CC(C=C[C@H]1O[C@H](CC(=O)On2c(O)ccc2O)C[C@@]2(CO2)[C@@H]1O)=CC[C@@H]1O[C@H](C)[C@H](NC(=O)C=C[C@H](C)O)C[C@@H]1C. The van der Waals surface area contributed by atoms with E-state index < -0.39 is 47.7 Å². The summed E-state index contributed by atoms with van der Waals surface area (Å²) in [6, 6.07) is 2.26. The van der Waals surface area contributed by atoms with Crippen molar-refractivity contribution in [2.45, 2.75) is 102 Å². The molecule has 4 heterocycles. The second-order valence-corrected chi connectivity index (χ2v) is 11.6. The van der Waals surface area contributed by atoms with E-state index in [4.69, 9.17) is 19.0 Å². The van der Waals surface area contributed by atoms with Crippen molar-refractivity contribution >= 4 is 11.9 Å². The average Bonchev–Trinajstić information content (AvgIpc) is 3.63. The number of hydrogen-bond donors (Lipinski definition) is 5. The Kier molecular flexibility index (Phi) is 10.2. The Balaban J connectivity index is 1.30. The normalized spacial score (nSPS) is 34.1. The molecule has 1 aromatic rings. The van der Waals surface area contributed by atoms with E-state index in [1.165, 1.54) is 24.3 Å². The van der Waals surface area contributed by atoms with Crippen molar-refractivity contribution in [2.75, 3.05) is 6.61 Å². The molecule has 0 radical (unpaired) electrons. The van der Waals surface area contributed by atoms with E-state index in [0.29, 0.717) is 24.2 Å². The van der Waals surface area contributed by atoms with Crippen LogP contribution in [0, 0.1) is 5.92 Å². The lowest BCUT2D eigenvalue weighted by molar-refractivity contribution is -0.161. The van der Waals surface area contributed by atoms with Crippen molar-refractivity contribution in [3.05, 3.63) is 48.1 Å². The second-order valence-electron chi connectivity index (χ2n) is 11.6. The van der Waals surface area contributed by atoms with Crippen LogP contribution in [0.5, 0.6) is 11.8 Å². The molecule has 12 nitrogen and oxygen atoms in total. The van der Waals surface area contributed by atoms with Gasteiger partial charge in [-0.05, 0) is 39.5 Å². The van der Waals surface area contributed by atoms with Crippen LogP contribution in [-0.4, -0.2) is 91.9 Å². The van der Waals surface area contributed by atoms with Gasteiger partial charge in [0, 0.05) is 24.6 Å². The smallest absolute Gasteiger partial charge is 0.335 e. The number of carbonyl (C=O) groups excluding carboxylic acids is 2. The third kappa shape index (κ3) is 8.01. The van der Waals surface area contributed by atoms with Crippen LogP contribution < -0.4 is 10.2 Å². The predicted molar refractivity (Wildman–Crippen MR) is 150 cm³/mol. The second kappa shape index (κ2) is 13.4. The first-order chi connectivity index (χ1) is 19.9. The monoisotopic (exact) mass is 590 g/mol. The maximum Gasteiger partial charge on any atom is 0.335 e. The van der Waals surface area contributed by atoms with Gasteiger partial charge in [0.1, 0.15) is 17.8 Å². The molecule has 12 heteroatoms. The van der Waals surface area contributed by atoms with E-state index in [2.05, 4.69) is 18.3 Å². The fraction of sp³-hybridized carbons (Fsp3) is 0.600. The number of aromatic hydroxyl groups is 2. The number of rotatable bonds is 10. The maximum atomic E-state index is 12.5. The summed E-state index contributed by atoms with van der Waals surface area (Å²) in [6.45, 7) is 7.90. The van der Waals surface area contributed by atoms with Crippen molar-refractivity contribution in [3.63, 3.8) is 0 Å². The number of allylic oxidation sites excluding steroid dienone is 2. The van der Waals surface area contributed by atoms with Gasteiger partial charge >= 0.3 is 5.97 Å². The molecular weight excluding hydrogens is 548 g/mol. The van der Waals surface area contributed by atoms with Crippen molar-refractivity contribution in [2.24, 2.45) is 5.92 Å². The van der Waals surface area contributed by atoms with Gasteiger partial charge in [-0.25, -0.2) is 4.79 Å². The number of hydrogen-bond acceptors (Lipinski definition) is 10. The topological polar surface area (TPSA) is 172 Å². The number of aromatic nitrogens is 1. The summed E-state index contributed by atoms with van der Waals surface area (Å²) in [5.41, 5.74) is 0.159. The van der Waals surface area contributed by atoms with E-state index in [1.54, 1.807) is 13.0 Å². The Hall–Kier alpha value is -3.16. The summed E-state index contributed by atoms with van der Waals surface area (Å²) in [7, 11) is 0. The first kappa shape index (κ1) is 31.8. The number of aliphatic hydroxyl groups excluding tert-OH is 2. The third-order valence-corrected chi connectivity index (χ3v) is 7.96. The number of epoxide rings is 1. The van der Waals surface area contributed by atoms with Gasteiger partial charge in [0.25, 0.3) is 0 Å². The predicted octanol–water partition coefficient (Wildman–Crippen LogP) is 1.66. The molecule has 1 amide bonds. The first-order valence-corrected chi connectivity index (χ1v) is 14.3. The zero-order valence-electron chi connectivity index (χ0n) is 24.4. The molecule has 0 unspecified atom stereocenters. The van der Waals surface area contributed by atoms with E-state index in [-0.39, 0.29) is 36.5 Å². The van der Waals surface area contributed by atoms with Crippen LogP contribution in [0.2, 0.25) is 0 Å². The molecule has 3 aliphatic rings. The lowest BCUT2D eigenvalue weighted by atomic mass is 9.87. The van der Waals surface area contributed by atoms with Crippen LogP contribution in [0.15, 0.2) is 48.1 Å². The van der Waals surface area contributed by atoms with Gasteiger partial charge in [-0.1, -0.05) is 36.8 Å². The van der Waals surface area contributed by atoms with E-state index in [1.807, 2.05) is 19.9 Å². The fourth-order valence-corrected chi connectivity index (χ4v) is 5.41. The molecule has 4 rings (SSSR count). The molecule has 232 valence electrons. The molecule has 3 aliphatic heterocycles. The highest BCUT2D eigenvalue weighted by Crippen LogP contribution is 2.43. The summed E-state index contributed by atoms with van der Waals surface area (Å²) in [4.78, 5) is 29.6. The van der Waals surface area contributed by atoms with Crippen LogP contribution in [0.3, 0.4) is 0 Å². The molecule has 0 bridgehead atoms. The van der Waals surface area contributed by atoms with Gasteiger partial charge in [0.05, 0.1) is 43.5 Å². The lowest BCUT2D eigenvalue weighted by Gasteiger charge is -2.39. The highest BCUT2D eigenvalue weighted by molar-refractivity contribution is 5.87. The quantitative estimate of drug-likeness (QED) is 0.153. The van der Waals surface area contributed by atoms with E-state index in [9.17, 15) is 30.0 Å². The number of aliphatic hydroxyl groups is 2. The fourth-order valence-electron chi connectivity index (χ4n) is 5.41. The zero-order chi connectivity index (χ0) is 30.6. The van der Waals surface area contributed by atoms with Crippen molar-refractivity contribution in [1.29, 1.82) is 0 Å². The average molecular weight is 591 g/mol. The largest absolute Gasteiger partial charge is 0.492 e. The number of carbonyl (C=O) groups is 2. The Morgan fingerprint density at radius 2 is 1.90 bits per heavy atom. The first-order valence-electron chi connectivity index (χ1n) is 14.3. The summed E-state index contributed by atoms with van der Waals surface area (Å²) in [6.07, 6.45) is 6.89. The van der Waals surface area contributed by atoms with Gasteiger partial charge in [-0.2, -0.15) is 0 Å². The maximum absolute atomic E-state index is 12.5. The van der Waals surface area contributed by atoms with E-state index >= 15 is 0 Å². The molecule has 0 aliphatic carbocycles. The molecule has 9 atom stereocenters. The van der Waals surface area contributed by atoms with E-state index in [0.717, 1.165) is 12.0 Å². The molecule has 1 spiro atoms. The summed E-state index contributed by atoms with van der Waals surface area (Å²) in [5.74, 6) is -1.61. The van der Waals surface area contributed by atoms with Crippen molar-refractivity contribution < 1.29 is 49.1 Å². The minimum Gasteiger partial charge on any atom is -0.492 e. The van der Waals surface area contributed by atoms with Crippen LogP contribution in [0.1, 0.15) is 53.4 Å². The van der Waals surface area contributed by atoms with Gasteiger partial charge in [-0.15, -0.1) is 4.73 Å². The van der Waals surface area contributed by atoms with Gasteiger partial charge in [0.2, 0.25) is 17.7 Å². The minimum absolute atomic E-state index is 0.0290. The Morgan fingerprint density at radius 3 is 2.55 bits per heavy atom. The van der Waals surface area contributed by atoms with Gasteiger partial charge in [0.15, 0.2) is 0 Å². The molecule has 0 saturated carbocycles. The Bertz CT molecular complexity index is 1180. The Morgan fingerprint density at radius 1 is 1.21 bits per heavy atom. The lowest BCUT2D eigenvalue weighted by Crippen LogP contribution is -2.50. The molecule has 42 heavy (non-hydrogen) atoms. The standard InChI is InChI=1S/C30H42N2O10/c1-17(5-8-23-18(2)13-22(20(4)40-23)31-25(34)10-7-19(3)33)6-9-24-29(38)30(16-39-30)15-21(41-24)14-28(37)42-32-26(35)11-12-27(32)36/h5-7,9-12,18-24,29,33,35-36,38H,8,13-16H2,1-4H3,(H,31,34)/t18-,19-,20+,21+,22+,23-,24+,29+,30+/m0/s1. The van der Waals surface area contributed by atoms with Crippen LogP contribution in [0.4, 0.5) is 0 Å².